The molecule has 1 aromatic carbocycles. The van der Waals surface area contributed by atoms with Gasteiger partial charge in [-0.05, 0) is 12.1 Å². The second kappa shape index (κ2) is 7.54. The van der Waals surface area contributed by atoms with E-state index < -0.39 is 29.4 Å². The zero-order chi connectivity index (χ0) is 20.8. The smallest absolute Gasteiger partial charge is 0.435 e. The molecule has 1 atom stereocenters. The number of esters is 1. The number of hydrogen-bond acceptors (Lipinski definition) is 6. The Balaban J connectivity index is 1.87. The van der Waals surface area contributed by atoms with Crippen LogP contribution in [0, 0.1) is 0 Å². The van der Waals surface area contributed by atoms with Crippen LogP contribution in [0.3, 0.4) is 0 Å². The summed E-state index contributed by atoms with van der Waals surface area (Å²) in [5.74, 6) is -0.904. The minimum atomic E-state index is -4.71. The van der Waals surface area contributed by atoms with Gasteiger partial charge in [0.05, 0.1) is 27.2 Å². The highest BCUT2D eigenvalue weighted by molar-refractivity contribution is 7.15. The lowest BCUT2D eigenvalue weighted by atomic mass is 10.2. The number of hydrogen-bond donors (Lipinski definition) is 0. The molecule has 0 N–H and O–H groups in total. The van der Waals surface area contributed by atoms with Crippen LogP contribution in [0.25, 0.3) is 0 Å². The molecular weight excluding hydrogens is 468 g/mol. The van der Waals surface area contributed by atoms with Crippen molar-refractivity contribution in [3.05, 3.63) is 37.8 Å². The third-order valence-corrected chi connectivity index (χ3v) is 5.74. The van der Waals surface area contributed by atoms with Gasteiger partial charge in [-0.15, -0.1) is 10.2 Å². The number of alkyl halides is 3. The lowest BCUT2D eigenvalue weighted by Crippen LogP contribution is -2.37. The van der Waals surface area contributed by atoms with Crippen molar-refractivity contribution in [3.8, 4) is 0 Å². The number of aromatic nitrogens is 2. The van der Waals surface area contributed by atoms with Crippen LogP contribution in [0.4, 0.5) is 23.1 Å². The fourth-order valence-electron chi connectivity index (χ4n) is 2.29. The number of amides is 2. The molecule has 0 radical (unpaired) electrons. The highest BCUT2D eigenvalue weighted by Gasteiger charge is 2.43. The molecule has 7 nitrogen and oxygen atoms in total. The Hall–Kier alpha value is -1.82. The minimum absolute atomic E-state index is 0.0107. The highest BCUT2D eigenvalue weighted by Crippen LogP contribution is 2.37. The number of rotatable bonds is 3. The third-order valence-electron chi connectivity index (χ3n) is 3.58. The van der Waals surface area contributed by atoms with Gasteiger partial charge in [-0.1, -0.05) is 46.1 Å². The molecule has 1 fully saturated rings. The Kier molecular flexibility index (Phi) is 5.63. The number of halogens is 6. The summed E-state index contributed by atoms with van der Waals surface area (Å²) in [4.78, 5) is 26.7. The molecule has 0 aliphatic carbocycles. The van der Waals surface area contributed by atoms with E-state index in [0.29, 0.717) is 0 Å². The van der Waals surface area contributed by atoms with E-state index in [1.165, 1.54) is 19.2 Å². The summed E-state index contributed by atoms with van der Waals surface area (Å²) in [5, 5.41) is 4.92. The Morgan fingerprint density at radius 1 is 1.25 bits per heavy atom. The van der Waals surface area contributed by atoms with Crippen LogP contribution < -0.4 is 4.90 Å². The molecule has 1 aliphatic heterocycles. The number of ether oxygens (including phenoxy) is 1. The average Bonchev–Trinajstić information content (AvgIpc) is 3.17. The zero-order valence-electron chi connectivity index (χ0n) is 13.6. The molecule has 2 heterocycles. The normalized spacial score (nSPS) is 17.4. The fraction of sp³-hybridized carbons (Fsp3) is 0.286. The van der Waals surface area contributed by atoms with E-state index in [0.717, 1.165) is 9.80 Å². The summed E-state index contributed by atoms with van der Waals surface area (Å²) in [6.45, 7) is -0.0967. The summed E-state index contributed by atoms with van der Waals surface area (Å²) >= 11 is 17.7. The monoisotopic (exact) mass is 474 g/mol. The van der Waals surface area contributed by atoms with Gasteiger partial charge < -0.3 is 9.64 Å². The molecule has 0 bridgehead atoms. The largest absolute Gasteiger partial charge is 0.445 e. The third kappa shape index (κ3) is 3.97. The van der Waals surface area contributed by atoms with Crippen molar-refractivity contribution in [2.45, 2.75) is 12.4 Å². The van der Waals surface area contributed by atoms with E-state index in [2.05, 4.69) is 10.2 Å². The molecule has 150 valence electrons. The number of benzene rings is 1. The van der Waals surface area contributed by atoms with Gasteiger partial charge in [0, 0.05) is 7.05 Å². The standard InChI is InChI=1S/C14H8Cl3F3N4O3S/c1-23-4-8(27-10(25)5-2-6(15)9(17)7(16)3-5)24(13(23)26)12-22-21-11(28-12)14(18,19)20/h2-3,8H,4H2,1H3. The molecule has 28 heavy (non-hydrogen) atoms. The van der Waals surface area contributed by atoms with Crippen LogP contribution in [0.15, 0.2) is 12.1 Å². The molecule has 2 amide bonds. The summed E-state index contributed by atoms with van der Waals surface area (Å²) in [6, 6.07) is 1.74. The minimum Gasteiger partial charge on any atom is -0.435 e. The van der Waals surface area contributed by atoms with Crippen molar-refractivity contribution < 1.29 is 27.5 Å². The molecule has 0 spiro atoms. The zero-order valence-corrected chi connectivity index (χ0v) is 16.7. The van der Waals surface area contributed by atoms with Crippen LogP contribution >= 0.6 is 46.1 Å². The predicted molar refractivity (Wildman–Crippen MR) is 96.1 cm³/mol. The highest BCUT2D eigenvalue weighted by atomic mass is 35.5. The number of urea groups is 1. The predicted octanol–water partition coefficient (Wildman–Crippen LogP) is 4.57. The molecule has 1 saturated heterocycles. The second-order valence-corrected chi connectivity index (χ2v) is 7.68. The molecular formula is C14H8Cl3F3N4O3S. The van der Waals surface area contributed by atoms with Crippen LogP contribution in [0.5, 0.6) is 0 Å². The lowest BCUT2D eigenvalue weighted by molar-refractivity contribution is -0.138. The first kappa shape index (κ1) is 20.9. The average molecular weight is 476 g/mol. The van der Waals surface area contributed by atoms with Gasteiger partial charge in [-0.3, -0.25) is 0 Å². The number of nitrogens with zero attached hydrogens (tertiary/aromatic N) is 4. The molecule has 3 rings (SSSR count). The lowest BCUT2D eigenvalue weighted by Gasteiger charge is -2.20. The summed E-state index contributed by atoms with van der Waals surface area (Å²) in [5.41, 5.74) is -0.0467. The molecule has 14 heteroatoms. The van der Waals surface area contributed by atoms with Gasteiger partial charge in [0.25, 0.3) is 0 Å². The summed E-state index contributed by atoms with van der Waals surface area (Å²) in [6.07, 6.45) is -5.94. The first-order chi connectivity index (χ1) is 13.0. The number of likely N-dealkylation sites (N-methyl/N-ethyl adjacent to an activating group) is 1. The van der Waals surface area contributed by atoms with E-state index in [9.17, 15) is 22.8 Å². The van der Waals surface area contributed by atoms with E-state index in [4.69, 9.17) is 39.5 Å². The maximum Gasteiger partial charge on any atom is 0.445 e. The van der Waals surface area contributed by atoms with Gasteiger partial charge >= 0.3 is 18.2 Å². The van der Waals surface area contributed by atoms with Gasteiger partial charge in [-0.2, -0.15) is 13.2 Å². The van der Waals surface area contributed by atoms with Crippen molar-refractivity contribution in [2.75, 3.05) is 18.5 Å². The molecule has 1 unspecified atom stereocenters. The van der Waals surface area contributed by atoms with Crippen LogP contribution in [-0.4, -0.2) is 46.9 Å². The van der Waals surface area contributed by atoms with Crippen LogP contribution in [0.2, 0.25) is 15.1 Å². The van der Waals surface area contributed by atoms with Crippen molar-refractivity contribution in [1.82, 2.24) is 15.1 Å². The SMILES string of the molecule is CN1CC(OC(=O)c2cc(Cl)c(Cl)c(Cl)c2)N(c2nnc(C(F)(F)F)s2)C1=O. The molecule has 1 aliphatic rings. The van der Waals surface area contributed by atoms with Crippen molar-refractivity contribution >= 4 is 63.3 Å². The molecule has 2 aromatic rings. The van der Waals surface area contributed by atoms with Crippen LogP contribution in [-0.2, 0) is 10.9 Å². The maximum atomic E-state index is 12.8. The Morgan fingerprint density at radius 3 is 2.39 bits per heavy atom. The number of carbonyl (C=O) groups excluding carboxylic acids is 2. The van der Waals surface area contributed by atoms with Gasteiger partial charge in [0.1, 0.15) is 0 Å². The number of carbonyl (C=O) groups is 2. The van der Waals surface area contributed by atoms with Crippen molar-refractivity contribution in [2.24, 2.45) is 0 Å². The quantitative estimate of drug-likeness (QED) is 0.480. The van der Waals surface area contributed by atoms with Gasteiger partial charge in [-0.25, -0.2) is 14.5 Å². The van der Waals surface area contributed by atoms with E-state index in [-0.39, 0.29) is 43.6 Å². The summed E-state index contributed by atoms with van der Waals surface area (Å²) < 4.78 is 43.6. The Morgan fingerprint density at radius 2 is 1.86 bits per heavy atom. The molecule has 0 saturated carbocycles. The van der Waals surface area contributed by atoms with Gasteiger partial charge in [0.2, 0.25) is 16.4 Å². The van der Waals surface area contributed by atoms with E-state index >= 15 is 0 Å². The van der Waals surface area contributed by atoms with E-state index in [1.807, 2.05) is 0 Å². The van der Waals surface area contributed by atoms with E-state index in [1.54, 1.807) is 0 Å². The first-order valence-electron chi connectivity index (χ1n) is 7.29. The fourth-order valence-corrected chi connectivity index (χ4v) is 3.63. The number of anilines is 1. The summed E-state index contributed by atoms with van der Waals surface area (Å²) in [7, 11) is 1.39. The van der Waals surface area contributed by atoms with Crippen molar-refractivity contribution in [1.29, 1.82) is 0 Å². The van der Waals surface area contributed by atoms with Crippen LogP contribution in [0.1, 0.15) is 15.4 Å². The van der Waals surface area contributed by atoms with Gasteiger partial charge in [0.15, 0.2) is 0 Å². The first-order valence-corrected chi connectivity index (χ1v) is 9.24. The topological polar surface area (TPSA) is 75.6 Å². The Labute approximate surface area is 174 Å². The molecule has 1 aromatic heterocycles. The van der Waals surface area contributed by atoms with Crippen molar-refractivity contribution in [3.63, 3.8) is 0 Å². The Bertz CT molecular complexity index is 932. The maximum absolute atomic E-state index is 12.8. The second-order valence-electron chi connectivity index (χ2n) is 5.53.